The minimum Gasteiger partial charge on any atom is -0.493 e. The van der Waals surface area contributed by atoms with Crippen molar-refractivity contribution in [2.45, 2.75) is 0 Å². The monoisotopic (exact) mass is 886 g/mol. The minimum absolute atomic E-state index is 0.448. The van der Waals surface area contributed by atoms with Gasteiger partial charge in [0.05, 0.1) is 14.2 Å². The Hall–Kier alpha value is -7.34. The van der Waals surface area contributed by atoms with Crippen LogP contribution in [0.3, 0.4) is 0 Å². The van der Waals surface area contributed by atoms with Gasteiger partial charge in [0.25, 0.3) is 0 Å². The Bertz CT molecular complexity index is 3220. The third-order valence-corrected chi connectivity index (χ3v) is 14.5. The lowest BCUT2D eigenvalue weighted by atomic mass is 9.84. The van der Waals surface area contributed by atoms with Gasteiger partial charge < -0.3 is 9.47 Å². The number of hydrogen-bond donors (Lipinski definition) is 0. The first-order chi connectivity index (χ1) is 32.6. The first-order valence-electron chi connectivity index (χ1n) is 22.2. The van der Waals surface area contributed by atoms with Crippen molar-refractivity contribution in [1.29, 1.82) is 0 Å². The van der Waals surface area contributed by atoms with Crippen molar-refractivity contribution >= 4 is 38.4 Å². The molecule has 0 aliphatic carbocycles. The van der Waals surface area contributed by atoms with Crippen molar-refractivity contribution in [1.82, 2.24) is 0 Å². The van der Waals surface area contributed by atoms with Gasteiger partial charge in [-0.15, -0.1) is 0 Å². The topological polar surface area (TPSA) is 18.5 Å². The molecule has 4 heteroatoms. The van der Waals surface area contributed by atoms with E-state index in [2.05, 4.69) is 237 Å². The Morgan fingerprint density at radius 2 is 0.621 bits per heavy atom. The minimum atomic E-state index is 0.448. The fourth-order valence-corrected chi connectivity index (χ4v) is 11.0. The molecular formula is C62H48O2P2. The fraction of sp³-hybridized carbons (Fsp3) is 0.0323. The summed E-state index contributed by atoms with van der Waals surface area (Å²) in [5, 5.41) is 5.08. The standard InChI is InChI=1S/C62H48O2P2/c1-63-60-40-39-57(61(62(60)64-2)59-42-52(36-38-54(59)48-23-13-6-14-24-48)66-50-33-29-46(30-34-50)44-19-9-4-10-20-44)55-25-15-16-26-56(55)58-41-51(35-37-53(58)47-21-11-5-12-22-47)65-49-31-27-45(28-32-49)43-17-7-3-8-18-43/h3-42,65-66H,1-2H3. The molecule has 0 fully saturated rings. The summed E-state index contributed by atoms with van der Waals surface area (Å²) in [7, 11) is 4.41. The highest BCUT2D eigenvalue weighted by Gasteiger charge is 2.24. The highest BCUT2D eigenvalue weighted by molar-refractivity contribution is 7.55. The first-order valence-corrected chi connectivity index (χ1v) is 24.2. The Morgan fingerprint density at radius 1 is 0.258 bits per heavy atom. The van der Waals surface area contributed by atoms with Crippen molar-refractivity contribution in [2.75, 3.05) is 14.2 Å². The molecule has 0 saturated carbocycles. The predicted octanol–water partition coefficient (Wildman–Crippen LogP) is 14.6. The molecule has 2 atom stereocenters. The molecule has 10 aromatic carbocycles. The van der Waals surface area contributed by atoms with Crippen LogP contribution in [0.4, 0.5) is 0 Å². The van der Waals surface area contributed by atoms with Crippen molar-refractivity contribution in [2.24, 2.45) is 0 Å². The zero-order valence-electron chi connectivity index (χ0n) is 36.9. The molecule has 10 rings (SSSR count). The van der Waals surface area contributed by atoms with Crippen LogP contribution in [0.2, 0.25) is 0 Å². The molecule has 0 heterocycles. The number of benzene rings is 10. The van der Waals surface area contributed by atoms with Crippen LogP contribution >= 0.6 is 17.2 Å². The van der Waals surface area contributed by atoms with Crippen LogP contribution < -0.4 is 30.7 Å². The predicted molar refractivity (Wildman–Crippen MR) is 286 cm³/mol. The van der Waals surface area contributed by atoms with Crippen LogP contribution in [0, 0.1) is 0 Å². The van der Waals surface area contributed by atoms with Gasteiger partial charge in [0.15, 0.2) is 11.5 Å². The van der Waals surface area contributed by atoms with E-state index in [0.29, 0.717) is 28.7 Å². The highest BCUT2D eigenvalue weighted by atomic mass is 31.1. The molecule has 0 amide bonds. The zero-order valence-corrected chi connectivity index (χ0v) is 38.9. The van der Waals surface area contributed by atoms with E-state index in [9.17, 15) is 0 Å². The molecule has 0 bridgehead atoms. The van der Waals surface area contributed by atoms with Crippen LogP contribution in [-0.4, -0.2) is 14.2 Å². The van der Waals surface area contributed by atoms with Gasteiger partial charge >= 0.3 is 0 Å². The summed E-state index contributed by atoms with van der Waals surface area (Å²) in [6.45, 7) is 0. The second kappa shape index (κ2) is 19.8. The summed E-state index contributed by atoms with van der Waals surface area (Å²) in [4.78, 5) is 0. The molecule has 318 valence electrons. The Labute approximate surface area is 392 Å². The fourth-order valence-electron chi connectivity index (χ4n) is 8.87. The lowest BCUT2D eigenvalue weighted by Crippen LogP contribution is -2.06. The number of methoxy groups -OCH3 is 2. The maximum atomic E-state index is 6.43. The van der Waals surface area contributed by atoms with E-state index in [0.717, 1.165) is 38.9 Å². The molecule has 0 N–H and O–H groups in total. The Morgan fingerprint density at radius 3 is 1.08 bits per heavy atom. The van der Waals surface area contributed by atoms with Crippen LogP contribution in [0.25, 0.3) is 77.9 Å². The van der Waals surface area contributed by atoms with Crippen molar-refractivity contribution in [3.63, 3.8) is 0 Å². The van der Waals surface area contributed by atoms with Crippen LogP contribution in [0.1, 0.15) is 0 Å². The smallest absolute Gasteiger partial charge is 0.169 e. The molecule has 10 aromatic rings. The first kappa shape index (κ1) is 42.6. The number of ether oxygens (including phenoxy) is 2. The van der Waals surface area contributed by atoms with E-state index in [1.807, 2.05) is 6.07 Å². The van der Waals surface area contributed by atoms with Gasteiger partial charge in [-0.1, -0.05) is 236 Å². The number of hydrogen-bond acceptors (Lipinski definition) is 2. The summed E-state index contributed by atoms with van der Waals surface area (Å²) >= 11 is 0. The van der Waals surface area contributed by atoms with Crippen LogP contribution in [-0.2, 0) is 0 Å². The third-order valence-electron chi connectivity index (χ3n) is 12.1. The van der Waals surface area contributed by atoms with Crippen LogP contribution in [0.15, 0.2) is 243 Å². The molecule has 0 spiro atoms. The molecule has 0 aliphatic rings. The normalized spacial score (nSPS) is 11.4. The van der Waals surface area contributed by atoms with Crippen molar-refractivity contribution < 1.29 is 9.47 Å². The second-order valence-corrected chi connectivity index (χ2v) is 19.0. The van der Waals surface area contributed by atoms with Gasteiger partial charge in [-0.25, -0.2) is 0 Å². The maximum Gasteiger partial charge on any atom is 0.169 e. The van der Waals surface area contributed by atoms with Gasteiger partial charge in [-0.2, -0.15) is 0 Å². The van der Waals surface area contributed by atoms with Gasteiger partial charge in [0, 0.05) is 5.56 Å². The van der Waals surface area contributed by atoms with Crippen LogP contribution in [0.5, 0.6) is 11.5 Å². The lowest BCUT2D eigenvalue weighted by Gasteiger charge is -2.23. The summed E-state index contributed by atoms with van der Waals surface area (Å²) in [5.74, 6) is 1.38. The molecule has 66 heavy (non-hydrogen) atoms. The zero-order chi connectivity index (χ0) is 44.7. The SMILES string of the molecule is COc1ccc(-c2ccccc2-c2cc(Pc3ccc(-c4ccccc4)cc3)ccc2-c2ccccc2)c(-c2cc(Pc3ccc(-c4ccccc4)cc3)ccc2-c2ccccc2)c1OC. The lowest BCUT2D eigenvalue weighted by molar-refractivity contribution is 0.356. The van der Waals surface area contributed by atoms with E-state index < -0.39 is 0 Å². The van der Waals surface area contributed by atoms with Gasteiger partial charge in [-0.05, 0) is 118 Å². The Kier molecular flexibility index (Phi) is 12.8. The van der Waals surface area contributed by atoms with Crippen molar-refractivity contribution in [3.8, 4) is 89.4 Å². The van der Waals surface area contributed by atoms with Gasteiger partial charge in [-0.3, -0.25) is 0 Å². The summed E-state index contributed by atoms with van der Waals surface area (Å²) in [6.07, 6.45) is 0. The quantitative estimate of drug-likeness (QED) is 0.107. The highest BCUT2D eigenvalue weighted by Crippen LogP contribution is 2.50. The Balaban J connectivity index is 1.12. The summed E-state index contributed by atoms with van der Waals surface area (Å²) < 4.78 is 12.5. The van der Waals surface area contributed by atoms with E-state index in [1.54, 1.807) is 14.2 Å². The number of rotatable bonds is 13. The van der Waals surface area contributed by atoms with E-state index in [-0.39, 0.29) is 0 Å². The van der Waals surface area contributed by atoms with Gasteiger partial charge in [0.2, 0.25) is 0 Å². The summed E-state index contributed by atoms with van der Waals surface area (Å²) in [5.41, 5.74) is 16.1. The molecular weight excluding hydrogens is 839 g/mol. The third kappa shape index (κ3) is 9.13. The van der Waals surface area contributed by atoms with E-state index in [1.165, 1.54) is 60.2 Å². The molecule has 0 saturated heterocycles. The molecule has 0 radical (unpaired) electrons. The molecule has 2 nitrogen and oxygen atoms in total. The van der Waals surface area contributed by atoms with Gasteiger partial charge in [0.1, 0.15) is 0 Å². The average Bonchev–Trinajstić information content (AvgIpc) is 3.39. The average molecular weight is 887 g/mol. The maximum absolute atomic E-state index is 6.43. The largest absolute Gasteiger partial charge is 0.493 e. The molecule has 0 aliphatic heterocycles. The molecule has 0 aromatic heterocycles. The second-order valence-electron chi connectivity index (χ2n) is 16.2. The van der Waals surface area contributed by atoms with Crippen molar-refractivity contribution in [3.05, 3.63) is 243 Å². The van der Waals surface area contributed by atoms with E-state index in [4.69, 9.17) is 9.47 Å². The van der Waals surface area contributed by atoms with E-state index >= 15 is 0 Å². The summed E-state index contributed by atoms with van der Waals surface area (Å²) in [6, 6.07) is 87.6. The molecule has 2 unspecified atom stereocenters.